The fraction of sp³-hybridized carbons (Fsp3) is 0.524. The Morgan fingerprint density at radius 2 is 1.74 bits per heavy atom. The van der Waals surface area contributed by atoms with Crippen molar-refractivity contribution < 1.29 is 13.9 Å². The third-order valence-electron chi connectivity index (χ3n) is 4.20. The van der Waals surface area contributed by atoms with Crippen LogP contribution < -0.4 is 9.47 Å². The molecule has 148 valence electrons. The summed E-state index contributed by atoms with van der Waals surface area (Å²) in [5.41, 5.74) is 3.22. The molecule has 0 N–H and O–H groups in total. The minimum absolute atomic E-state index is 0.0136. The molecule has 0 bridgehead atoms. The fourth-order valence-electron chi connectivity index (χ4n) is 2.75. The van der Waals surface area contributed by atoms with Crippen molar-refractivity contribution >= 4 is 11.6 Å². The van der Waals surface area contributed by atoms with E-state index in [2.05, 4.69) is 6.92 Å². The Morgan fingerprint density at radius 3 is 2.37 bits per heavy atom. The summed E-state index contributed by atoms with van der Waals surface area (Å²) in [6, 6.07) is 5.31. The van der Waals surface area contributed by atoms with Crippen molar-refractivity contribution in [1.29, 1.82) is 0 Å². The average molecular weight is 395 g/mol. The van der Waals surface area contributed by atoms with E-state index in [1.807, 2.05) is 19.9 Å². The Balaban J connectivity index is 2.33. The van der Waals surface area contributed by atoms with Gasteiger partial charge in [0.05, 0.1) is 23.0 Å². The van der Waals surface area contributed by atoms with Gasteiger partial charge in [0.2, 0.25) is 5.88 Å². The number of nitrogens with zero attached hydrogens (tertiary/aromatic N) is 2. The molecule has 1 heterocycles. The molecular formula is C21H28ClFN2O2. The second-order valence-electron chi connectivity index (χ2n) is 6.21. The number of alkyl halides is 1. The van der Waals surface area contributed by atoms with Gasteiger partial charge < -0.3 is 9.47 Å². The molecule has 0 fully saturated rings. The molecule has 2 rings (SSSR count). The SMILES string of the molecule is CCCCCOc1nc(CC)c(-c2ccc(OCCF)cc2Cl)nc1CC. The Bertz CT molecular complexity index is 740. The van der Waals surface area contributed by atoms with E-state index in [0.29, 0.717) is 29.7 Å². The summed E-state index contributed by atoms with van der Waals surface area (Å²) >= 11 is 6.45. The van der Waals surface area contributed by atoms with Gasteiger partial charge in [-0.3, -0.25) is 0 Å². The van der Waals surface area contributed by atoms with Gasteiger partial charge in [-0.1, -0.05) is 45.2 Å². The Morgan fingerprint density at radius 1 is 0.963 bits per heavy atom. The highest BCUT2D eigenvalue weighted by molar-refractivity contribution is 6.33. The van der Waals surface area contributed by atoms with Gasteiger partial charge in [0.1, 0.15) is 24.7 Å². The Labute approximate surface area is 166 Å². The lowest BCUT2D eigenvalue weighted by atomic mass is 10.1. The topological polar surface area (TPSA) is 44.2 Å². The standard InChI is InChI=1S/C21H28ClFN2O2/c1-4-7-8-12-27-21-19(6-3)24-20(18(5-2)25-21)16-10-9-15(14-17(16)22)26-13-11-23/h9-10,14H,4-8,11-13H2,1-3H3. The number of hydrogen-bond acceptors (Lipinski definition) is 4. The van der Waals surface area contributed by atoms with Gasteiger partial charge in [-0.25, -0.2) is 14.4 Å². The summed E-state index contributed by atoms with van der Waals surface area (Å²) < 4.78 is 23.5. The smallest absolute Gasteiger partial charge is 0.235 e. The van der Waals surface area contributed by atoms with Crippen LogP contribution in [0.4, 0.5) is 4.39 Å². The fourth-order valence-corrected chi connectivity index (χ4v) is 3.01. The molecule has 0 aliphatic rings. The highest BCUT2D eigenvalue weighted by Crippen LogP contribution is 2.33. The summed E-state index contributed by atoms with van der Waals surface area (Å²) in [6.45, 7) is 6.36. The van der Waals surface area contributed by atoms with Crippen LogP contribution in [-0.2, 0) is 12.8 Å². The number of ether oxygens (including phenoxy) is 2. The molecule has 0 unspecified atom stereocenters. The Hall–Kier alpha value is -1.88. The third kappa shape index (κ3) is 5.80. The number of aromatic nitrogens is 2. The van der Waals surface area contributed by atoms with Gasteiger partial charge in [-0.15, -0.1) is 0 Å². The lowest BCUT2D eigenvalue weighted by molar-refractivity contribution is 0.273. The van der Waals surface area contributed by atoms with Gasteiger partial charge in [0.15, 0.2) is 0 Å². The van der Waals surface area contributed by atoms with Gasteiger partial charge in [0, 0.05) is 5.56 Å². The maximum Gasteiger partial charge on any atom is 0.235 e. The maximum atomic E-state index is 12.3. The van der Waals surface area contributed by atoms with Crippen molar-refractivity contribution in [3.63, 3.8) is 0 Å². The predicted octanol–water partition coefficient (Wildman–Crippen LogP) is 5.84. The van der Waals surface area contributed by atoms with Crippen LogP contribution in [0.15, 0.2) is 18.2 Å². The van der Waals surface area contributed by atoms with Crippen molar-refractivity contribution in [3.05, 3.63) is 34.6 Å². The second-order valence-corrected chi connectivity index (χ2v) is 6.62. The summed E-state index contributed by atoms with van der Waals surface area (Å²) in [6.07, 6.45) is 4.74. The number of aryl methyl sites for hydroxylation is 2. The van der Waals surface area contributed by atoms with Crippen LogP contribution in [0.5, 0.6) is 11.6 Å². The lowest BCUT2D eigenvalue weighted by Crippen LogP contribution is -2.08. The molecule has 0 amide bonds. The van der Waals surface area contributed by atoms with Crippen molar-refractivity contribution in [1.82, 2.24) is 9.97 Å². The Kier molecular flexibility index (Phi) is 8.79. The van der Waals surface area contributed by atoms with E-state index in [1.54, 1.807) is 12.1 Å². The summed E-state index contributed by atoms with van der Waals surface area (Å²) in [7, 11) is 0. The quantitative estimate of drug-likeness (QED) is 0.449. The van der Waals surface area contributed by atoms with Gasteiger partial charge >= 0.3 is 0 Å². The van der Waals surface area contributed by atoms with Crippen LogP contribution in [0.2, 0.25) is 5.02 Å². The highest BCUT2D eigenvalue weighted by Gasteiger charge is 2.17. The average Bonchev–Trinajstić information content (AvgIpc) is 2.69. The van der Waals surface area contributed by atoms with E-state index in [9.17, 15) is 4.39 Å². The first-order valence-corrected chi connectivity index (χ1v) is 10.0. The first-order valence-electron chi connectivity index (χ1n) is 9.65. The summed E-state index contributed by atoms with van der Waals surface area (Å²) in [5, 5.41) is 0.508. The molecule has 2 aromatic rings. The van der Waals surface area contributed by atoms with Crippen LogP contribution >= 0.6 is 11.6 Å². The first-order chi connectivity index (χ1) is 13.1. The molecule has 1 aromatic heterocycles. The summed E-state index contributed by atoms with van der Waals surface area (Å²) in [4.78, 5) is 9.54. The zero-order chi connectivity index (χ0) is 19.6. The number of hydrogen-bond donors (Lipinski definition) is 0. The van der Waals surface area contributed by atoms with E-state index in [0.717, 1.165) is 48.3 Å². The van der Waals surface area contributed by atoms with Crippen LogP contribution in [0.25, 0.3) is 11.3 Å². The van der Waals surface area contributed by atoms with E-state index in [1.165, 1.54) is 0 Å². The number of unbranched alkanes of at least 4 members (excludes halogenated alkanes) is 2. The molecule has 0 saturated carbocycles. The number of halogens is 2. The molecule has 0 radical (unpaired) electrons. The zero-order valence-corrected chi connectivity index (χ0v) is 17.1. The van der Waals surface area contributed by atoms with Gasteiger partial charge in [0.25, 0.3) is 0 Å². The molecule has 1 aromatic carbocycles. The van der Waals surface area contributed by atoms with Crippen molar-refractivity contribution in [3.8, 4) is 22.9 Å². The third-order valence-corrected chi connectivity index (χ3v) is 4.51. The van der Waals surface area contributed by atoms with E-state index in [4.69, 9.17) is 31.0 Å². The first kappa shape index (κ1) is 21.4. The van der Waals surface area contributed by atoms with Crippen LogP contribution in [0.3, 0.4) is 0 Å². The zero-order valence-electron chi connectivity index (χ0n) is 16.4. The van der Waals surface area contributed by atoms with Crippen molar-refractivity contribution in [2.24, 2.45) is 0 Å². The molecule has 6 heteroatoms. The monoisotopic (exact) mass is 394 g/mol. The molecule has 0 aliphatic heterocycles. The van der Waals surface area contributed by atoms with Crippen LogP contribution in [-0.4, -0.2) is 29.9 Å². The largest absolute Gasteiger partial charge is 0.491 e. The molecule has 0 atom stereocenters. The van der Waals surface area contributed by atoms with Gasteiger partial charge in [-0.05, 0) is 37.5 Å². The van der Waals surface area contributed by atoms with Gasteiger partial charge in [-0.2, -0.15) is 0 Å². The molecule has 0 saturated heterocycles. The number of rotatable bonds is 11. The van der Waals surface area contributed by atoms with Crippen molar-refractivity contribution in [2.45, 2.75) is 52.9 Å². The minimum Gasteiger partial charge on any atom is -0.491 e. The van der Waals surface area contributed by atoms with E-state index in [-0.39, 0.29) is 6.61 Å². The van der Waals surface area contributed by atoms with Crippen LogP contribution in [0, 0.1) is 0 Å². The lowest BCUT2D eigenvalue weighted by Gasteiger charge is -2.15. The second kappa shape index (κ2) is 11.1. The summed E-state index contributed by atoms with van der Waals surface area (Å²) in [5.74, 6) is 1.16. The molecule has 27 heavy (non-hydrogen) atoms. The maximum absolute atomic E-state index is 12.3. The van der Waals surface area contributed by atoms with E-state index < -0.39 is 6.67 Å². The molecule has 0 spiro atoms. The van der Waals surface area contributed by atoms with E-state index >= 15 is 0 Å². The molecule has 0 aliphatic carbocycles. The molecular weight excluding hydrogens is 367 g/mol. The van der Waals surface area contributed by atoms with Crippen molar-refractivity contribution in [2.75, 3.05) is 19.9 Å². The normalized spacial score (nSPS) is 10.9. The highest BCUT2D eigenvalue weighted by atomic mass is 35.5. The predicted molar refractivity (Wildman–Crippen MR) is 108 cm³/mol. The molecule has 4 nitrogen and oxygen atoms in total. The number of benzene rings is 1. The minimum atomic E-state index is -0.537. The van der Waals surface area contributed by atoms with Crippen LogP contribution in [0.1, 0.15) is 51.4 Å².